The third-order valence-corrected chi connectivity index (χ3v) is 2.02. The Morgan fingerprint density at radius 2 is 2.23 bits per heavy atom. The number of aromatic amines is 1. The van der Waals surface area contributed by atoms with Crippen LogP contribution in [0.2, 0.25) is 5.02 Å². The van der Waals surface area contributed by atoms with Crippen molar-refractivity contribution in [2.75, 3.05) is 0 Å². The summed E-state index contributed by atoms with van der Waals surface area (Å²) < 4.78 is 5.10. The molecule has 66 valence electrons. The van der Waals surface area contributed by atoms with Crippen molar-refractivity contribution in [1.29, 1.82) is 0 Å². The van der Waals surface area contributed by atoms with Crippen LogP contribution in [0.5, 0.6) is 0 Å². The zero-order valence-electron chi connectivity index (χ0n) is 6.33. The molecule has 1 aromatic carbocycles. The Morgan fingerprint density at radius 1 is 1.46 bits per heavy atom. The molecular formula is C8H4ClNO2S. The zero-order chi connectivity index (χ0) is 9.42. The number of H-pyrrole nitrogens is 1. The van der Waals surface area contributed by atoms with E-state index in [-0.39, 0.29) is 10.4 Å². The highest BCUT2D eigenvalue weighted by Crippen LogP contribution is 2.15. The molecule has 3 nitrogen and oxygen atoms in total. The lowest BCUT2D eigenvalue weighted by Gasteiger charge is -1.95. The molecule has 0 bridgehead atoms. The average molecular weight is 214 g/mol. The Bertz CT molecular complexity index is 572. The maximum absolute atomic E-state index is 11.3. The van der Waals surface area contributed by atoms with Gasteiger partial charge in [-0.15, -0.1) is 0 Å². The van der Waals surface area contributed by atoms with Gasteiger partial charge in [-0.1, -0.05) is 11.6 Å². The molecule has 0 aliphatic heterocycles. The molecule has 0 unspecified atom stereocenters. The van der Waals surface area contributed by atoms with Crippen LogP contribution in [0.15, 0.2) is 27.4 Å². The third kappa shape index (κ3) is 1.50. The van der Waals surface area contributed by atoms with Gasteiger partial charge in [-0.3, -0.25) is 9.78 Å². The first-order chi connectivity index (χ1) is 6.16. The molecule has 1 N–H and O–H groups in total. The number of benzene rings is 1. The van der Waals surface area contributed by atoms with Gasteiger partial charge in [0.25, 0.3) is 10.4 Å². The lowest BCUT2D eigenvalue weighted by molar-refractivity contribution is 0.557. The highest BCUT2D eigenvalue weighted by Gasteiger charge is 2.00. The van der Waals surface area contributed by atoms with E-state index in [4.69, 9.17) is 28.2 Å². The highest BCUT2D eigenvalue weighted by atomic mass is 35.5. The maximum atomic E-state index is 11.3. The van der Waals surface area contributed by atoms with Crippen LogP contribution < -0.4 is 5.56 Å². The van der Waals surface area contributed by atoms with Crippen LogP contribution in [-0.2, 0) is 0 Å². The van der Waals surface area contributed by atoms with Crippen molar-refractivity contribution < 1.29 is 4.42 Å². The van der Waals surface area contributed by atoms with E-state index in [1.165, 1.54) is 6.07 Å². The fourth-order valence-electron chi connectivity index (χ4n) is 1.05. The summed E-state index contributed by atoms with van der Waals surface area (Å²) in [5.41, 5.74) is 0.159. The molecule has 0 atom stereocenters. The molecule has 0 aliphatic rings. The molecule has 1 heterocycles. The summed E-state index contributed by atoms with van der Waals surface area (Å²) >= 11 is 10.4. The average Bonchev–Trinajstić information content (AvgIpc) is 2.06. The van der Waals surface area contributed by atoms with E-state index in [2.05, 4.69) is 4.98 Å². The molecule has 0 aliphatic carbocycles. The molecule has 2 rings (SSSR count). The van der Waals surface area contributed by atoms with Gasteiger partial charge in [0.2, 0.25) is 0 Å². The first-order valence-electron chi connectivity index (χ1n) is 3.49. The Morgan fingerprint density at radius 3 is 3.00 bits per heavy atom. The minimum Gasteiger partial charge on any atom is -0.431 e. The van der Waals surface area contributed by atoms with Gasteiger partial charge >= 0.3 is 0 Å². The molecule has 2 aromatic rings. The fraction of sp³-hybridized carbons (Fsp3) is 0. The SMILES string of the molecule is O=c1[nH]c(=S)oc2ccc(Cl)cc12. The van der Waals surface area contributed by atoms with Crippen molar-refractivity contribution in [1.82, 2.24) is 4.98 Å². The van der Waals surface area contributed by atoms with Crippen LogP contribution >= 0.6 is 23.8 Å². The molecule has 0 amide bonds. The van der Waals surface area contributed by atoms with Gasteiger partial charge in [0.05, 0.1) is 5.39 Å². The summed E-state index contributed by atoms with van der Waals surface area (Å²) in [4.78, 5) is 13.8. The number of hydrogen-bond acceptors (Lipinski definition) is 3. The van der Waals surface area contributed by atoms with Crippen LogP contribution in [0.1, 0.15) is 0 Å². The molecular weight excluding hydrogens is 210 g/mol. The van der Waals surface area contributed by atoms with Crippen molar-refractivity contribution in [2.45, 2.75) is 0 Å². The summed E-state index contributed by atoms with van der Waals surface area (Å²) in [7, 11) is 0. The van der Waals surface area contributed by atoms with Crippen molar-refractivity contribution in [3.8, 4) is 0 Å². The summed E-state index contributed by atoms with van der Waals surface area (Å²) in [5.74, 6) is 0. The van der Waals surface area contributed by atoms with Gasteiger partial charge in [-0.25, -0.2) is 0 Å². The van der Waals surface area contributed by atoms with Crippen molar-refractivity contribution in [3.05, 3.63) is 38.4 Å². The van der Waals surface area contributed by atoms with E-state index >= 15 is 0 Å². The highest BCUT2D eigenvalue weighted by molar-refractivity contribution is 7.71. The normalized spacial score (nSPS) is 10.5. The minimum atomic E-state index is -0.284. The maximum Gasteiger partial charge on any atom is 0.269 e. The summed E-state index contributed by atoms with van der Waals surface area (Å²) in [6.45, 7) is 0. The predicted molar refractivity (Wildman–Crippen MR) is 52.7 cm³/mol. The summed E-state index contributed by atoms with van der Waals surface area (Å²) in [6, 6.07) is 4.79. The first-order valence-corrected chi connectivity index (χ1v) is 4.28. The number of hydrogen-bond donors (Lipinski definition) is 1. The van der Waals surface area contributed by atoms with Gasteiger partial charge in [0.15, 0.2) is 0 Å². The standard InChI is InChI=1S/C8H4ClNO2S/c9-4-1-2-6-5(3-4)7(11)10-8(13)12-6/h1-3H,(H,10,11,13). The van der Waals surface area contributed by atoms with Crippen molar-refractivity contribution >= 4 is 34.8 Å². The van der Waals surface area contributed by atoms with E-state index in [1.54, 1.807) is 12.1 Å². The van der Waals surface area contributed by atoms with Crippen LogP contribution in [-0.4, -0.2) is 4.98 Å². The van der Waals surface area contributed by atoms with E-state index < -0.39 is 0 Å². The van der Waals surface area contributed by atoms with E-state index in [0.29, 0.717) is 16.0 Å². The van der Waals surface area contributed by atoms with Gasteiger partial charge in [-0.2, -0.15) is 0 Å². The molecule has 1 aromatic heterocycles. The monoisotopic (exact) mass is 213 g/mol. The third-order valence-electron chi connectivity index (χ3n) is 1.60. The Kier molecular flexibility index (Phi) is 1.94. The molecule has 13 heavy (non-hydrogen) atoms. The second-order valence-electron chi connectivity index (χ2n) is 2.48. The number of aromatic nitrogens is 1. The van der Waals surface area contributed by atoms with E-state index in [9.17, 15) is 4.79 Å². The van der Waals surface area contributed by atoms with Gasteiger partial charge in [0, 0.05) is 5.02 Å². The molecule has 0 spiro atoms. The van der Waals surface area contributed by atoms with Crippen LogP contribution in [0.25, 0.3) is 11.0 Å². The van der Waals surface area contributed by atoms with Gasteiger partial charge < -0.3 is 4.42 Å². The van der Waals surface area contributed by atoms with Gasteiger partial charge in [-0.05, 0) is 30.4 Å². The summed E-state index contributed by atoms with van der Waals surface area (Å²) in [5, 5.41) is 0.895. The Balaban J connectivity index is 3.04. The largest absolute Gasteiger partial charge is 0.431 e. The lowest BCUT2D eigenvalue weighted by atomic mass is 10.2. The lowest BCUT2D eigenvalue weighted by Crippen LogP contribution is -2.05. The number of halogens is 1. The second kappa shape index (κ2) is 2.97. The zero-order valence-corrected chi connectivity index (χ0v) is 7.91. The molecule has 0 saturated heterocycles. The number of rotatable bonds is 0. The predicted octanol–water partition coefficient (Wildman–Crippen LogP) is 2.50. The Labute approximate surface area is 83.0 Å². The smallest absolute Gasteiger partial charge is 0.269 e. The quantitative estimate of drug-likeness (QED) is 0.684. The minimum absolute atomic E-state index is 0.0693. The van der Waals surface area contributed by atoms with Crippen molar-refractivity contribution in [2.24, 2.45) is 0 Å². The van der Waals surface area contributed by atoms with E-state index in [0.717, 1.165) is 0 Å². The van der Waals surface area contributed by atoms with Gasteiger partial charge in [0.1, 0.15) is 5.58 Å². The van der Waals surface area contributed by atoms with Crippen molar-refractivity contribution in [3.63, 3.8) is 0 Å². The van der Waals surface area contributed by atoms with Crippen LogP contribution in [0, 0.1) is 4.84 Å². The van der Waals surface area contributed by atoms with E-state index in [1.807, 2.05) is 0 Å². The van der Waals surface area contributed by atoms with Crippen LogP contribution in [0.4, 0.5) is 0 Å². The first kappa shape index (κ1) is 8.47. The second-order valence-corrected chi connectivity index (χ2v) is 3.29. The Hall–Kier alpha value is -1.13. The number of nitrogens with one attached hydrogen (secondary N) is 1. The molecule has 0 radical (unpaired) electrons. The molecule has 0 fully saturated rings. The molecule has 0 saturated carbocycles. The molecule has 5 heteroatoms. The number of fused-ring (bicyclic) bond motifs is 1. The topological polar surface area (TPSA) is 46.0 Å². The fourth-order valence-corrected chi connectivity index (χ4v) is 1.41. The van der Waals surface area contributed by atoms with Crippen LogP contribution in [0.3, 0.4) is 0 Å². The summed E-state index contributed by atoms with van der Waals surface area (Å²) in [6.07, 6.45) is 0.